The van der Waals surface area contributed by atoms with Crippen LogP contribution in [-0.2, 0) is 20.6 Å². The summed E-state index contributed by atoms with van der Waals surface area (Å²) in [4.78, 5) is 27.1. The zero-order valence-electron chi connectivity index (χ0n) is 13.3. The van der Waals surface area contributed by atoms with Crippen LogP contribution in [0, 0.1) is 0 Å². The SMILES string of the molecule is CCOC(=O)N1CCN(C(=O)/C=C/c2ccccc2S(=O)[O-])CC1. The average Bonchev–Trinajstić information content (AvgIpc) is 2.60. The number of rotatable bonds is 4. The highest BCUT2D eigenvalue weighted by Crippen LogP contribution is 2.14. The fourth-order valence-electron chi connectivity index (χ4n) is 2.36. The van der Waals surface area contributed by atoms with E-state index in [1.54, 1.807) is 34.9 Å². The van der Waals surface area contributed by atoms with Crippen molar-refractivity contribution in [1.82, 2.24) is 9.80 Å². The number of hydrogen-bond donors (Lipinski definition) is 0. The first-order valence-corrected chi connectivity index (χ1v) is 8.67. The van der Waals surface area contributed by atoms with Crippen molar-refractivity contribution in [2.45, 2.75) is 11.8 Å². The zero-order valence-corrected chi connectivity index (χ0v) is 14.2. The molecule has 8 heteroatoms. The molecule has 1 fully saturated rings. The van der Waals surface area contributed by atoms with Gasteiger partial charge in [0.15, 0.2) is 0 Å². The lowest BCUT2D eigenvalue weighted by atomic mass is 10.2. The van der Waals surface area contributed by atoms with E-state index in [-0.39, 0.29) is 16.9 Å². The Labute approximate surface area is 143 Å². The van der Waals surface area contributed by atoms with Crippen LogP contribution in [-0.4, -0.2) is 63.3 Å². The lowest BCUT2D eigenvalue weighted by Gasteiger charge is -2.33. The summed E-state index contributed by atoms with van der Waals surface area (Å²) < 4.78 is 27.2. The van der Waals surface area contributed by atoms with Gasteiger partial charge >= 0.3 is 6.09 Å². The number of hydrogen-bond acceptors (Lipinski definition) is 5. The number of ether oxygens (including phenoxy) is 1. The van der Waals surface area contributed by atoms with E-state index in [1.807, 2.05) is 0 Å². The Hall–Kier alpha value is -2.19. The third-order valence-electron chi connectivity index (χ3n) is 3.62. The van der Waals surface area contributed by atoms with Gasteiger partial charge in [0, 0.05) is 37.2 Å². The molecule has 130 valence electrons. The maximum atomic E-state index is 12.2. The van der Waals surface area contributed by atoms with E-state index in [0.717, 1.165) is 0 Å². The normalized spacial score (nSPS) is 16.2. The van der Waals surface area contributed by atoms with Crippen molar-refractivity contribution in [2.75, 3.05) is 32.8 Å². The molecule has 0 spiro atoms. The molecule has 0 saturated carbocycles. The van der Waals surface area contributed by atoms with Crippen LogP contribution in [0.1, 0.15) is 12.5 Å². The number of amides is 2. The van der Waals surface area contributed by atoms with Crippen LogP contribution in [0.2, 0.25) is 0 Å². The van der Waals surface area contributed by atoms with Gasteiger partial charge in [0.25, 0.3) is 0 Å². The predicted molar refractivity (Wildman–Crippen MR) is 87.8 cm³/mol. The first kappa shape index (κ1) is 18.2. The van der Waals surface area contributed by atoms with E-state index < -0.39 is 11.1 Å². The summed E-state index contributed by atoms with van der Waals surface area (Å²) >= 11 is -2.36. The van der Waals surface area contributed by atoms with Crippen molar-refractivity contribution in [3.05, 3.63) is 35.9 Å². The largest absolute Gasteiger partial charge is 0.768 e. The molecule has 1 aromatic rings. The first-order valence-electron chi connectivity index (χ1n) is 7.60. The van der Waals surface area contributed by atoms with Gasteiger partial charge in [-0.15, -0.1) is 0 Å². The molecular formula is C16H19N2O5S-. The van der Waals surface area contributed by atoms with Crippen LogP contribution < -0.4 is 0 Å². The van der Waals surface area contributed by atoms with E-state index >= 15 is 0 Å². The highest BCUT2D eigenvalue weighted by molar-refractivity contribution is 7.79. The molecule has 1 heterocycles. The molecule has 0 N–H and O–H groups in total. The van der Waals surface area contributed by atoms with Crippen molar-refractivity contribution >= 4 is 29.2 Å². The van der Waals surface area contributed by atoms with Crippen LogP contribution in [0.25, 0.3) is 6.08 Å². The third kappa shape index (κ3) is 4.65. The van der Waals surface area contributed by atoms with E-state index in [9.17, 15) is 18.4 Å². The number of carbonyl (C=O) groups excluding carboxylic acids is 2. The van der Waals surface area contributed by atoms with Gasteiger partial charge in [-0.2, -0.15) is 0 Å². The van der Waals surface area contributed by atoms with Gasteiger partial charge in [0.2, 0.25) is 5.91 Å². The number of piperazine rings is 1. The van der Waals surface area contributed by atoms with Gasteiger partial charge in [-0.1, -0.05) is 18.2 Å². The molecule has 0 aliphatic carbocycles. The predicted octanol–water partition coefficient (Wildman–Crippen LogP) is 1.24. The maximum Gasteiger partial charge on any atom is 0.409 e. The highest BCUT2D eigenvalue weighted by atomic mass is 32.2. The van der Waals surface area contributed by atoms with E-state index in [4.69, 9.17) is 4.74 Å². The monoisotopic (exact) mass is 351 g/mol. The highest BCUT2D eigenvalue weighted by Gasteiger charge is 2.23. The van der Waals surface area contributed by atoms with Crippen LogP contribution in [0.5, 0.6) is 0 Å². The second kappa shape index (κ2) is 8.60. The number of nitrogens with zero attached hydrogens (tertiary/aromatic N) is 2. The molecule has 1 saturated heterocycles. The standard InChI is InChI=1S/C16H20N2O5S/c1-2-23-16(20)18-11-9-17(10-12-18)15(19)8-7-13-5-3-4-6-14(13)24(21)22/h3-8H,2,9-12H2,1H3,(H,21,22)/p-1/b8-7+. The van der Waals surface area contributed by atoms with Crippen LogP contribution >= 0.6 is 0 Å². The summed E-state index contributed by atoms with van der Waals surface area (Å²) in [6.07, 6.45) is 2.48. The smallest absolute Gasteiger partial charge is 0.409 e. The van der Waals surface area contributed by atoms with Crippen molar-refractivity contribution in [3.8, 4) is 0 Å². The van der Waals surface area contributed by atoms with Gasteiger partial charge < -0.3 is 19.1 Å². The molecule has 1 aliphatic heterocycles. The van der Waals surface area contributed by atoms with Crippen molar-refractivity contribution in [3.63, 3.8) is 0 Å². The van der Waals surface area contributed by atoms with E-state index in [0.29, 0.717) is 38.3 Å². The molecule has 0 aromatic heterocycles. The van der Waals surface area contributed by atoms with Crippen molar-refractivity contribution < 1.29 is 23.1 Å². The molecule has 1 aromatic carbocycles. The maximum absolute atomic E-state index is 12.2. The summed E-state index contributed by atoms with van der Waals surface area (Å²) in [6, 6.07) is 6.44. The lowest BCUT2D eigenvalue weighted by molar-refractivity contribution is -0.127. The van der Waals surface area contributed by atoms with Crippen LogP contribution in [0.3, 0.4) is 0 Å². The second-order valence-electron chi connectivity index (χ2n) is 5.12. The topological polar surface area (TPSA) is 90.0 Å². The van der Waals surface area contributed by atoms with Gasteiger partial charge in [0.05, 0.1) is 6.61 Å². The zero-order chi connectivity index (χ0) is 17.5. The molecule has 0 bridgehead atoms. The van der Waals surface area contributed by atoms with Gasteiger partial charge in [-0.25, -0.2) is 4.79 Å². The number of carbonyl (C=O) groups is 2. The minimum Gasteiger partial charge on any atom is -0.768 e. The van der Waals surface area contributed by atoms with E-state index in [1.165, 1.54) is 18.2 Å². The molecule has 1 aliphatic rings. The summed E-state index contributed by atoms with van der Waals surface area (Å²) in [5.41, 5.74) is 0.462. The molecular weight excluding hydrogens is 332 g/mol. The Morgan fingerprint density at radius 3 is 2.46 bits per heavy atom. The minimum atomic E-state index is -2.36. The fourth-order valence-corrected chi connectivity index (χ4v) is 2.88. The molecule has 0 radical (unpaired) electrons. The Bertz CT molecular complexity index is 654. The lowest BCUT2D eigenvalue weighted by Crippen LogP contribution is -2.50. The summed E-state index contributed by atoms with van der Waals surface area (Å²) in [6.45, 7) is 3.73. The number of benzene rings is 1. The Kier molecular flexibility index (Phi) is 6.51. The van der Waals surface area contributed by atoms with E-state index in [2.05, 4.69) is 0 Å². The van der Waals surface area contributed by atoms with Gasteiger partial charge in [-0.3, -0.25) is 9.00 Å². The average molecular weight is 351 g/mol. The van der Waals surface area contributed by atoms with Crippen LogP contribution in [0.15, 0.2) is 35.2 Å². The summed E-state index contributed by atoms with van der Waals surface area (Å²) in [5.74, 6) is -0.218. The minimum absolute atomic E-state index is 0.147. The first-order chi connectivity index (χ1) is 11.5. The Morgan fingerprint density at radius 1 is 1.21 bits per heavy atom. The molecule has 1 unspecified atom stereocenters. The Morgan fingerprint density at radius 2 is 1.83 bits per heavy atom. The molecule has 1 atom stereocenters. The fraction of sp³-hybridized carbons (Fsp3) is 0.375. The second-order valence-corrected chi connectivity index (χ2v) is 6.03. The molecule has 2 amide bonds. The molecule has 7 nitrogen and oxygen atoms in total. The van der Waals surface area contributed by atoms with Gasteiger partial charge in [0.1, 0.15) is 0 Å². The van der Waals surface area contributed by atoms with Crippen LogP contribution in [0.4, 0.5) is 4.79 Å². The van der Waals surface area contributed by atoms with Gasteiger partial charge in [-0.05, 0) is 35.7 Å². The van der Waals surface area contributed by atoms with Crippen molar-refractivity contribution in [2.24, 2.45) is 0 Å². The quantitative estimate of drug-likeness (QED) is 0.601. The summed E-state index contributed by atoms with van der Waals surface area (Å²) in [5, 5.41) is 0. The Balaban J connectivity index is 1.95. The molecule has 2 rings (SSSR count). The molecule has 24 heavy (non-hydrogen) atoms. The third-order valence-corrected chi connectivity index (χ3v) is 4.35. The summed E-state index contributed by atoms with van der Waals surface area (Å²) in [7, 11) is 0. The van der Waals surface area contributed by atoms with Crippen molar-refractivity contribution in [1.29, 1.82) is 0 Å².